The Morgan fingerprint density at radius 2 is 1.64 bits per heavy atom. The SMILES string of the molecule is C=CC(N)=O.CCC.CNC. The predicted molar refractivity (Wildman–Crippen MR) is 50.3 cm³/mol. The Morgan fingerprint density at radius 1 is 1.55 bits per heavy atom. The Balaban J connectivity index is -0.0000000933. The fourth-order valence-electron chi connectivity index (χ4n) is 0. The summed E-state index contributed by atoms with van der Waals surface area (Å²) in [5.41, 5.74) is 4.53. The Hall–Kier alpha value is -0.830. The molecular formula is C8H20N2O. The number of rotatable bonds is 1. The summed E-state index contributed by atoms with van der Waals surface area (Å²) in [5, 5.41) is 2.75. The van der Waals surface area contributed by atoms with E-state index in [0.717, 1.165) is 6.08 Å². The molecule has 0 heterocycles. The van der Waals surface area contributed by atoms with E-state index in [-0.39, 0.29) is 0 Å². The van der Waals surface area contributed by atoms with Crippen LogP contribution in [0.5, 0.6) is 0 Å². The van der Waals surface area contributed by atoms with Crippen LogP contribution in [0.3, 0.4) is 0 Å². The van der Waals surface area contributed by atoms with E-state index in [1.54, 1.807) is 0 Å². The quantitative estimate of drug-likeness (QED) is 0.560. The van der Waals surface area contributed by atoms with Crippen molar-refractivity contribution in [2.45, 2.75) is 20.3 Å². The van der Waals surface area contributed by atoms with Gasteiger partial charge in [0.05, 0.1) is 0 Å². The summed E-state index contributed by atoms with van der Waals surface area (Å²) >= 11 is 0. The molecule has 0 aromatic rings. The van der Waals surface area contributed by atoms with E-state index >= 15 is 0 Å². The normalized spacial score (nSPS) is 6.18. The van der Waals surface area contributed by atoms with E-state index in [0.29, 0.717) is 0 Å². The number of nitrogens with one attached hydrogen (secondary N) is 1. The van der Waals surface area contributed by atoms with Crippen molar-refractivity contribution in [3.8, 4) is 0 Å². The van der Waals surface area contributed by atoms with Crippen LogP contribution in [0.4, 0.5) is 0 Å². The first-order valence-electron chi connectivity index (χ1n) is 3.60. The van der Waals surface area contributed by atoms with Crippen molar-refractivity contribution in [2.24, 2.45) is 5.73 Å². The Bertz CT molecular complexity index is 80.2. The first-order chi connectivity index (χ1) is 5.10. The molecule has 0 fully saturated rings. The van der Waals surface area contributed by atoms with Crippen molar-refractivity contribution < 1.29 is 4.79 Å². The van der Waals surface area contributed by atoms with Crippen LogP contribution >= 0.6 is 0 Å². The summed E-state index contributed by atoms with van der Waals surface area (Å²) in [4.78, 5) is 9.47. The molecule has 3 nitrogen and oxygen atoms in total. The molecule has 3 heteroatoms. The Morgan fingerprint density at radius 3 is 1.64 bits per heavy atom. The maximum Gasteiger partial charge on any atom is 0.240 e. The maximum absolute atomic E-state index is 9.47. The van der Waals surface area contributed by atoms with Crippen LogP contribution in [0.25, 0.3) is 0 Å². The van der Waals surface area contributed by atoms with Crippen LogP contribution in [-0.4, -0.2) is 20.0 Å². The molecule has 0 aliphatic carbocycles. The molecule has 0 saturated heterocycles. The van der Waals surface area contributed by atoms with Crippen LogP contribution in [0.2, 0.25) is 0 Å². The third kappa shape index (κ3) is 344. The molecule has 0 aliphatic heterocycles. The molecule has 0 rings (SSSR count). The molecule has 0 spiro atoms. The second-order valence-corrected chi connectivity index (χ2v) is 1.81. The predicted octanol–water partition coefficient (Wildman–Crippen LogP) is 0.910. The zero-order chi connectivity index (χ0) is 9.70. The smallest absolute Gasteiger partial charge is 0.240 e. The average molecular weight is 160 g/mol. The molecule has 0 radical (unpaired) electrons. The van der Waals surface area contributed by atoms with E-state index < -0.39 is 5.91 Å². The fourth-order valence-corrected chi connectivity index (χ4v) is 0. The van der Waals surface area contributed by atoms with Gasteiger partial charge < -0.3 is 11.1 Å². The van der Waals surface area contributed by atoms with Gasteiger partial charge in [-0.15, -0.1) is 0 Å². The van der Waals surface area contributed by atoms with E-state index in [1.165, 1.54) is 6.42 Å². The summed E-state index contributed by atoms with van der Waals surface area (Å²) in [5.74, 6) is -0.481. The van der Waals surface area contributed by atoms with Gasteiger partial charge in [0, 0.05) is 0 Å². The topological polar surface area (TPSA) is 55.1 Å². The van der Waals surface area contributed by atoms with Gasteiger partial charge >= 0.3 is 0 Å². The van der Waals surface area contributed by atoms with Crippen LogP contribution in [0.1, 0.15) is 20.3 Å². The number of nitrogens with two attached hydrogens (primary N) is 1. The van der Waals surface area contributed by atoms with Gasteiger partial charge in [-0.25, -0.2) is 0 Å². The van der Waals surface area contributed by atoms with Crippen molar-refractivity contribution in [3.05, 3.63) is 12.7 Å². The molecular weight excluding hydrogens is 140 g/mol. The molecule has 1 amide bonds. The van der Waals surface area contributed by atoms with Crippen molar-refractivity contribution >= 4 is 5.91 Å². The first kappa shape index (κ1) is 16.6. The molecule has 0 aromatic heterocycles. The average Bonchev–Trinajstić information content (AvgIpc) is 1.91. The van der Waals surface area contributed by atoms with Gasteiger partial charge in [0.25, 0.3) is 0 Å². The molecule has 0 bridgehead atoms. The van der Waals surface area contributed by atoms with Gasteiger partial charge in [0.2, 0.25) is 5.91 Å². The monoisotopic (exact) mass is 160 g/mol. The zero-order valence-corrected chi connectivity index (χ0v) is 7.98. The second-order valence-electron chi connectivity index (χ2n) is 1.81. The van der Waals surface area contributed by atoms with Gasteiger partial charge in [-0.1, -0.05) is 26.8 Å². The number of hydrogen-bond acceptors (Lipinski definition) is 2. The lowest BCUT2D eigenvalue weighted by Crippen LogP contribution is -2.04. The minimum atomic E-state index is -0.481. The Labute approximate surface area is 69.7 Å². The summed E-state index contributed by atoms with van der Waals surface area (Å²) in [6.45, 7) is 7.34. The van der Waals surface area contributed by atoms with Gasteiger partial charge in [0.1, 0.15) is 0 Å². The van der Waals surface area contributed by atoms with Gasteiger partial charge in [-0.05, 0) is 20.2 Å². The van der Waals surface area contributed by atoms with E-state index in [1.807, 2.05) is 14.1 Å². The highest BCUT2D eigenvalue weighted by molar-refractivity contribution is 5.84. The molecule has 68 valence electrons. The van der Waals surface area contributed by atoms with E-state index in [2.05, 4.69) is 31.5 Å². The van der Waals surface area contributed by atoms with Gasteiger partial charge in [-0.3, -0.25) is 4.79 Å². The Kier molecular flexibility index (Phi) is 34.6. The van der Waals surface area contributed by atoms with Crippen molar-refractivity contribution in [3.63, 3.8) is 0 Å². The minimum Gasteiger partial charge on any atom is -0.366 e. The molecule has 0 unspecified atom stereocenters. The first-order valence-corrected chi connectivity index (χ1v) is 3.60. The van der Waals surface area contributed by atoms with E-state index in [9.17, 15) is 4.79 Å². The van der Waals surface area contributed by atoms with Crippen molar-refractivity contribution in [1.29, 1.82) is 0 Å². The summed E-state index contributed by atoms with van der Waals surface area (Å²) in [7, 11) is 3.75. The lowest BCUT2D eigenvalue weighted by Gasteiger charge is -1.65. The minimum absolute atomic E-state index is 0.481. The molecule has 0 atom stereocenters. The second kappa shape index (κ2) is 22.9. The summed E-state index contributed by atoms with van der Waals surface area (Å²) < 4.78 is 0. The van der Waals surface area contributed by atoms with Crippen molar-refractivity contribution in [2.75, 3.05) is 14.1 Å². The molecule has 0 aliphatic rings. The molecule has 0 saturated carbocycles. The zero-order valence-electron chi connectivity index (χ0n) is 7.98. The van der Waals surface area contributed by atoms with E-state index in [4.69, 9.17) is 0 Å². The third-order valence-corrected chi connectivity index (χ3v) is 0.201. The van der Waals surface area contributed by atoms with Gasteiger partial charge in [-0.2, -0.15) is 0 Å². The van der Waals surface area contributed by atoms with Crippen LogP contribution < -0.4 is 11.1 Å². The highest BCUT2D eigenvalue weighted by Crippen LogP contribution is 1.56. The molecule has 11 heavy (non-hydrogen) atoms. The van der Waals surface area contributed by atoms with Crippen LogP contribution in [0.15, 0.2) is 12.7 Å². The lowest BCUT2D eigenvalue weighted by molar-refractivity contribution is -0.113. The highest BCUT2D eigenvalue weighted by Gasteiger charge is 1.69. The lowest BCUT2D eigenvalue weighted by atomic mass is 10.6. The fraction of sp³-hybridized carbons (Fsp3) is 0.625. The van der Waals surface area contributed by atoms with Crippen LogP contribution in [-0.2, 0) is 4.79 Å². The van der Waals surface area contributed by atoms with Crippen LogP contribution in [0, 0.1) is 0 Å². The van der Waals surface area contributed by atoms with Crippen molar-refractivity contribution in [1.82, 2.24) is 5.32 Å². The number of carbonyl (C=O) groups excluding carboxylic acids is 1. The molecule has 0 aromatic carbocycles. The maximum atomic E-state index is 9.47. The standard InChI is InChI=1S/C3H5NO.C3H8.C2H7N/c1-2-3(4)5;2*1-3-2/h2H,1H2,(H2,4,5);3H2,1-2H3;3H,1-2H3. The third-order valence-electron chi connectivity index (χ3n) is 0.201. The van der Waals surface area contributed by atoms with Gasteiger partial charge in [0.15, 0.2) is 0 Å². The summed E-state index contributed by atoms with van der Waals surface area (Å²) in [6.07, 6.45) is 2.31. The largest absolute Gasteiger partial charge is 0.366 e. The highest BCUT2D eigenvalue weighted by atomic mass is 16.1. The number of amides is 1. The number of primary amides is 1. The number of carbonyl (C=O) groups is 1. The molecule has 3 N–H and O–H groups in total. The summed E-state index contributed by atoms with van der Waals surface area (Å²) in [6, 6.07) is 0. The number of hydrogen-bond donors (Lipinski definition) is 2.